The summed E-state index contributed by atoms with van der Waals surface area (Å²) in [6, 6.07) is 16.9. The third-order valence-electron chi connectivity index (χ3n) is 6.17. The van der Waals surface area contributed by atoms with Crippen LogP contribution in [-0.2, 0) is 4.79 Å². The van der Waals surface area contributed by atoms with Crippen molar-refractivity contribution in [2.24, 2.45) is 0 Å². The van der Waals surface area contributed by atoms with Crippen LogP contribution in [-0.4, -0.2) is 32.1 Å². The molecule has 7 heteroatoms. The lowest BCUT2D eigenvalue weighted by Crippen LogP contribution is -2.47. The van der Waals surface area contributed by atoms with Gasteiger partial charge in [0.1, 0.15) is 6.04 Å². The Morgan fingerprint density at radius 2 is 1.68 bits per heavy atom. The van der Waals surface area contributed by atoms with Gasteiger partial charge in [0.05, 0.1) is 20.5 Å². The van der Waals surface area contributed by atoms with Gasteiger partial charge in [-0.1, -0.05) is 49.6 Å². The topological polar surface area (TPSA) is 81.0 Å². The first-order chi connectivity index (χ1) is 16.6. The third-order valence-corrected chi connectivity index (χ3v) is 6.17. The van der Waals surface area contributed by atoms with E-state index in [1.807, 2.05) is 30.3 Å². The van der Waals surface area contributed by atoms with E-state index in [9.17, 15) is 9.59 Å². The zero-order chi connectivity index (χ0) is 23.9. The number of carbonyl (C=O) groups is 2. The van der Waals surface area contributed by atoms with Gasteiger partial charge in [-0.2, -0.15) is 0 Å². The summed E-state index contributed by atoms with van der Waals surface area (Å²) in [6.45, 7) is 0. The van der Waals surface area contributed by atoms with Gasteiger partial charge in [-0.05, 0) is 42.7 Å². The molecule has 2 amide bonds. The monoisotopic (exact) mass is 462 g/mol. The van der Waals surface area contributed by atoms with Gasteiger partial charge in [0.25, 0.3) is 5.91 Å². The van der Waals surface area contributed by atoms with E-state index in [0.717, 1.165) is 25.7 Å². The molecule has 1 N–H and O–H groups in total. The SMILES string of the molecule is COc1ccc(N(C(=O)c2ccco2)[C@H](C(=O)NC2CCCCC2)c2ccccc2)cc1OC. The molecule has 0 radical (unpaired) electrons. The Labute approximate surface area is 199 Å². The number of anilines is 1. The van der Waals surface area contributed by atoms with Crippen LogP contribution in [0, 0.1) is 0 Å². The summed E-state index contributed by atoms with van der Waals surface area (Å²) in [4.78, 5) is 29.0. The second-order valence-electron chi connectivity index (χ2n) is 8.35. The highest BCUT2D eigenvalue weighted by Gasteiger charge is 2.36. The van der Waals surface area contributed by atoms with Gasteiger partial charge in [-0.25, -0.2) is 0 Å². The minimum atomic E-state index is -0.904. The van der Waals surface area contributed by atoms with E-state index < -0.39 is 11.9 Å². The molecule has 7 nitrogen and oxygen atoms in total. The number of hydrogen-bond donors (Lipinski definition) is 1. The quantitative estimate of drug-likeness (QED) is 0.502. The lowest BCUT2D eigenvalue weighted by atomic mass is 9.94. The average molecular weight is 463 g/mol. The van der Waals surface area contributed by atoms with Crippen molar-refractivity contribution in [1.29, 1.82) is 0 Å². The molecular weight excluding hydrogens is 432 g/mol. The van der Waals surface area contributed by atoms with Crippen LogP contribution in [0.4, 0.5) is 5.69 Å². The first kappa shape index (κ1) is 23.4. The summed E-state index contributed by atoms with van der Waals surface area (Å²) in [7, 11) is 3.08. The molecule has 4 rings (SSSR count). The van der Waals surface area contributed by atoms with Gasteiger partial charge < -0.3 is 19.2 Å². The fraction of sp³-hybridized carbons (Fsp3) is 0.333. The Morgan fingerprint density at radius 1 is 0.941 bits per heavy atom. The Balaban J connectivity index is 1.80. The first-order valence-corrected chi connectivity index (χ1v) is 11.6. The highest BCUT2D eigenvalue weighted by atomic mass is 16.5. The molecule has 3 aromatic rings. The third kappa shape index (κ3) is 5.09. The van der Waals surface area contributed by atoms with Crippen LogP contribution in [0.1, 0.15) is 54.3 Å². The molecule has 34 heavy (non-hydrogen) atoms. The van der Waals surface area contributed by atoms with Crippen LogP contribution >= 0.6 is 0 Å². The highest BCUT2D eigenvalue weighted by molar-refractivity contribution is 6.08. The molecule has 1 heterocycles. The van der Waals surface area contributed by atoms with Crippen LogP contribution in [0.15, 0.2) is 71.3 Å². The largest absolute Gasteiger partial charge is 0.493 e. The summed E-state index contributed by atoms with van der Waals surface area (Å²) >= 11 is 0. The Hall–Kier alpha value is -3.74. The standard InChI is InChI=1S/C27H30N2O5/c1-32-22-16-15-21(18-24(22)33-2)29(27(31)23-14-9-17-34-23)25(19-10-5-3-6-11-19)26(30)28-20-12-7-4-8-13-20/h3,5-6,9-11,14-18,20,25H,4,7-8,12-13H2,1-2H3,(H,28,30)/t25-/m0/s1. The predicted molar refractivity (Wildman–Crippen MR) is 129 cm³/mol. The summed E-state index contributed by atoms with van der Waals surface area (Å²) in [5.41, 5.74) is 1.19. The van der Waals surface area contributed by atoms with Gasteiger partial charge in [0.2, 0.25) is 5.91 Å². The van der Waals surface area contributed by atoms with Crippen LogP contribution in [0.5, 0.6) is 11.5 Å². The van der Waals surface area contributed by atoms with Crippen LogP contribution in [0.25, 0.3) is 0 Å². The number of ether oxygens (including phenoxy) is 2. The number of nitrogens with zero attached hydrogens (tertiary/aromatic N) is 1. The predicted octanol–water partition coefficient (Wildman–Crippen LogP) is 5.13. The molecule has 1 aromatic heterocycles. The number of amides is 2. The number of methoxy groups -OCH3 is 2. The maximum absolute atomic E-state index is 13.8. The number of benzene rings is 2. The van der Waals surface area contributed by atoms with E-state index in [4.69, 9.17) is 13.9 Å². The van der Waals surface area contributed by atoms with Gasteiger partial charge >= 0.3 is 0 Å². The zero-order valence-electron chi connectivity index (χ0n) is 19.5. The van der Waals surface area contributed by atoms with Crippen molar-refractivity contribution >= 4 is 17.5 Å². The molecular formula is C27H30N2O5. The average Bonchev–Trinajstić information content (AvgIpc) is 3.42. The molecule has 0 saturated heterocycles. The van der Waals surface area contributed by atoms with E-state index in [2.05, 4.69) is 5.32 Å². The van der Waals surface area contributed by atoms with Crippen molar-refractivity contribution in [2.45, 2.75) is 44.2 Å². The van der Waals surface area contributed by atoms with Crippen molar-refractivity contribution in [3.8, 4) is 11.5 Å². The second-order valence-corrected chi connectivity index (χ2v) is 8.35. The molecule has 0 spiro atoms. The molecule has 2 aromatic carbocycles. The number of hydrogen-bond acceptors (Lipinski definition) is 5. The first-order valence-electron chi connectivity index (χ1n) is 11.6. The van der Waals surface area contributed by atoms with Gasteiger partial charge in [0, 0.05) is 17.8 Å². The van der Waals surface area contributed by atoms with Crippen molar-refractivity contribution in [3.05, 3.63) is 78.3 Å². The maximum atomic E-state index is 13.8. The summed E-state index contributed by atoms with van der Waals surface area (Å²) in [6.07, 6.45) is 6.69. The lowest BCUT2D eigenvalue weighted by Gasteiger charge is -2.33. The Bertz CT molecular complexity index is 1090. The van der Waals surface area contributed by atoms with Gasteiger partial charge in [-0.15, -0.1) is 0 Å². The number of furan rings is 1. The van der Waals surface area contributed by atoms with Crippen LogP contribution in [0.2, 0.25) is 0 Å². The fourth-order valence-corrected chi connectivity index (χ4v) is 4.46. The molecule has 0 aliphatic heterocycles. The van der Waals surface area contributed by atoms with E-state index >= 15 is 0 Å². The molecule has 1 fully saturated rings. The van der Waals surface area contributed by atoms with Gasteiger partial charge in [0.15, 0.2) is 17.3 Å². The molecule has 178 valence electrons. The smallest absolute Gasteiger partial charge is 0.294 e. The van der Waals surface area contributed by atoms with Crippen LogP contribution in [0.3, 0.4) is 0 Å². The molecule has 0 bridgehead atoms. The normalized spacial score (nSPS) is 14.8. The molecule has 1 aliphatic rings. The fourth-order valence-electron chi connectivity index (χ4n) is 4.46. The Kier molecular flexibility index (Phi) is 7.52. The lowest BCUT2D eigenvalue weighted by molar-refractivity contribution is -0.123. The van der Waals surface area contributed by atoms with E-state index in [0.29, 0.717) is 22.7 Å². The second kappa shape index (κ2) is 10.9. The number of nitrogens with one attached hydrogen (secondary N) is 1. The van der Waals surface area contributed by atoms with E-state index in [1.165, 1.54) is 24.7 Å². The molecule has 1 atom stereocenters. The van der Waals surface area contributed by atoms with E-state index in [-0.39, 0.29) is 17.7 Å². The Morgan fingerprint density at radius 3 is 2.32 bits per heavy atom. The maximum Gasteiger partial charge on any atom is 0.294 e. The molecule has 1 aliphatic carbocycles. The van der Waals surface area contributed by atoms with Crippen molar-refractivity contribution in [1.82, 2.24) is 5.32 Å². The summed E-state index contributed by atoms with van der Waals surface area (Å²) in [5.74, 6) is 0.468. The number of rotatable bonds is 8. The van der Waals surface area contributed by atoms with Crippen molar-refractivity contribution < 1.29 is 23.5 Å². The molecule has 0 unspecified atom stereocenters. The summed E-state index contributed by atoms with van der Waals surface area (Å²) < 4.78 is 16.3. The van der Waals surface area contributed by atoms with Crippen molar-refractivity contribution in [2.75, 3.05) is 19.1 Å². The van der Waals surface area contributed by atoms with Crippen LogP contribution < -0.4 is 19.7 Å². The minimum absolute atomic E-state index is 0.0958. The van der Waals surface area contributed by atoms with E-state index in [1.54, 1.807) is 37.4 Å². The van der Waals surface area contributed by atoms with Gasteiger partial charge in [-0.3, -0.25) is 14.5 Å². The summed E-state index contributed by atoms with van der Waals surface area (Å²) in [5, 5.41) is 3.20. The zero-order valence-corrected chi connectivity index (χ0v) is 19.5. The molecule has 1 saturated carbocycles. The number of carbonyl (C=O) groups excluding carboxylic acids is 2. The minimum Gasteiger partial charge on any atom is -0.493 e. The van der Waals surface area contributed by atoms with Crippen molar-refractivity contribution in [3.63, 3.8) is 0 Å². The highest BCUT2D eigenvalue weighted by Crippen LogP contribution is 2.36.